The number of rotatable bonds is 6. The quantitative estimate of drug-likeness (QED) is 0.416. The third-order valence-electron chi connectivity index (χ3n) is 4.48. The maximum Gasteiger partial charge on any atom is 0.338 e. The van der Waals surface area contributed by atoms with E-state index in [-0.39, 0.29) is 16.2 Å². The van der Waals surface area contributed by atoms with E-state index in [1.165, 1.54) is 12.1 Å². The summed E-state index contributed by atoms with van der Waals surface area (Å²) in [5, 5.41) is 5.10. The van der Waals surface area contributed by atoms with Gasteiger partial charge in [-0.15, -0.1) is 0 Å². The molecule has 0 saturated heterocycles. The molecule has 0 radical (unpaired) electrons. The van der Waals surface area contributed by atoms with Gasteiger partial charge in [0.1, 0.15) is 0 Å². The van der Waals surface area contributed by atoms with E-state index < -0.39 is 22.6 Å². The summed E-state index contributed by atoms with van der Waals surface area (Å²) in [6.45, 7) is 1.17. The minimum atomic E-state index is -3.96. The number of halogens is 1. The zero-order chi connectivity index (χ0) is 21.9. The molecular weight excluding hydrogens is 470 g/mol. The molecule has 0 fully saturated rings. The van der Waals surface area contributed by atoms with Gasteiger partial charge in [-0.25, -0.2) is 18.4 Å². The maximum absolute atomic E-state index is 12.4. The number of nitrogens with two attached hydrogens (primary N) is 1. The van der Waals surface area contributed by atoms with Crippen molar-refractivity contribution in [2.75, 3.05) is 6.61 Å². The number of benzene rings is 3. The lowest BCUT2D eigenvalue weighted by Crippen LogP contribution is -2.17. The highest BCUT2D eigenvalue weighted by molar-refractivity contribution is 9.10. The van der Waals surface area contributed by atoms with Gasteiger partial charge in [-0.1, -0.05) is 58.4 Å². The maximum atomic E-state index is 12.4. The number of Topliss-reactive ketones (excluding diaryl/α,β-unsaturated/α-hetero) is 1. The molecule has 0 amide bonds. The standard InChI is InChI=1S/C22H18BrNO5S/c1-14-2-11-19(30(24,27)28)12-20(14)22(26)29-13-21(25)17-5-3-15(4-6-17)16-7-9-18(23)10-8-16/h2-12H,13H2,1H3,(H2,24,27,28). The summed E-state index contributed by atoms with van der Waals surface area (Å²) in [5.74, 6) is -1.16. The normalized spacial score (nSPS) is 11.2. The number of carbonyl (C=O) groups is 2. The number of primary sulfonamides is 1. The van der Waals surface area contributed by atoms with Crippen LogP contribution in [0.25, 0.3) is 11.1 Å². The molecule has 0 unspecified atom stereocenters. The van der Waals surface area contributed by atoms with Crippen molar-refractivity contribution in [2.45, 2.75) is 11.8 Å². The Morgan fingerprint density at radius 1 is 0.933 bits per heavy atom. The van der Waals surface area contributed by atoms with Gasteiger partial charge < -0.3 is 4.74 Å². The average Bonchev–Trinajstić information content (AvgIpc) is 2.72. The van der Waals surface area contributed by atoms with E-state index in [2.05, 4.69) is 15.9 Å². The van der Waals surface area contributed by atoms with Gasteiger partial charge in [-0.05, 0) is 47.9 Å². The fourth-order valence-corrected chi connectivity index (χ4v) is 3.59. The highest BCUT2D eigenvalue weighted by Crippen LogP contribution is 2.22. The molecule has 0 aliphatic carbocycles. The molecule has 0 atom stereocenters. The van der Waals surface area contributed by atoms with Crippen LogP contribution in [0.3, 0.4) is 0 Å². The van der Waals surface area contributed by atoms with Gasteiger partial charge in [0, 0.05) is 10.0 Å². The summed E-state index contributed by atoms with van der Waals surface area (Å²) < 4.78 is 29.0. The van der Waals surface area contributed by atoms with Crippen LogP contribution in [0.15, 0.2) is 76.1 Å². The van der Waals surface area contributed by atoms with Crippen molar-refractivity contribution >= 4 is 37.7 Å². The van der Waals surface area contributed by atoms with Crippen molar-refractivity contribution < 1.29 is 22.7 Å². The van der Waals surface area contributed by atoms with Gasteiger partial charge in [0.25, 0.3) is 0 Å². The van der Waals surface area contributed by atoms with Crippen molar-refractivity contribution in [3.05, 3.63) is 87.9 Å². The van der Waals surface area contributed by atoms with E-state index in [4.69, 9.17) is 9.88 Å². The van der Waals surface area contributed by atoms with Crippen molar-refractivity contribution in [3.63, 3.8) is 0 Å². The van der Waals surface area contributed by atoms with Crippen LogP contribution in [0.1, 0.15) is 26.3 Å². The number of ether oxygens (including phenoxy) is 1. The molecular formula is C22H18BrNO5S. The minimum Gasteiger partial charge on any atom is -0.454 e. The summed E-state index contributed by atoms with van der Waals surface area (Å²) in [6.07, 6.45) is 0. The van der Waals surface area contributed by atoms with E-state index in [1.807, 2.05) is 36.4 Å². The summed E-state index contributed by atoms with van der Waals surface area (Å²) in [4.78, 5) is 24.5. The molecule has 0 aliphatic heterocycles. The molecule has 2 N–H and O–H groups in total. The molecule has 0 heterocycles. The van der Waals surface area contributed by atoms with Crippen LogP contribution in [0.4, 0.5) is 0 Å². The SMILES string of the molecule is Cc1ccc(S(N)(=O)=O)cc1C(=O)OCC(=O)c1ccc(-c2ccc(Br)cc2)cc1. The number of carbonyl (C=O) groups excluding carboxylic acids is 2. The average molecular weight is 488 g/mol. The van der Waals surface area contributed by atoms with Gasteiger partial charge in [-0.3, -0.25) is 4.79 Å². The fraction of sp³-hybridized carbons (Fsp3) is 0.0909. The van der Waals surface area contributed by atoms with Crippen molar-refractivity contribution in [2.24, 2.45) is 5.14 Å². The molecule has 6 nitrogen and oxygen atoms in total. The summed E-state index contributed by atoms with van der Waals surface area (Å²) >= 11 is 3.39. The lowest BCUT2D eigenvalue weighted by atomic mass is 10.0. The first-order valence-corrected chi connectivity index (χ1v) is 11.2. The monoisotopic (exact) mass is 487 g/mol. The molecule has 154 valence electrons. The summed E-state index contributed by atoms with van der Waals surface area (Å²) in [7, 11) is -3.96. The van der Waals surface area contributed by atoms with Crippen LogP contribution >= 0.6 is 15.9 Å². The first-order chi connectivity index (χ1) is 14.1. The molecule has 0 aliphatic rings. The van der Waals surface area contributed by atoms with Crippen LogP contribution < -0.4 is 5.14 Å². The Kier molecular flexibility index (Phi) is 6.50. The molecule has 3 rings (SSSR count). The zero-order valence-corrected chi connectivity index (χ0v) is 18.4. The first-order valence-electron chi connectivity index (χ1n) is 8.85. The van der Waals surface area contributed by atoms with Gasteiger partial charge in [0.2, 0.25) is 10.0 Å². The van der Waals surface area contributed by atoms with Crippen LogP contribution in [-0.4, -0.2) is 26.8 Å². The van der Waals surface area contributed by atoms with Crippen LogP contribution in [0.5, 0.6) is 0 Å². The Morgan fingerprint density at radius 2 is 1.50 bits per heavy atom. The number of hydrogen-bond donors (Lipinski definition) is 1. The second kappa shape index (κ2) is 8.91. The Labute approximate surface area is 182 Å². The highest BCUT2D eigenvalue weighted by Gasteiger charge is 2.17. The predicted molar refractivity (Wildman–Crippen MR) is 117 cm³/mol. The van der Waals surface area contributed by atoms with E-state index in [0.717, 1.165) is 21.7 Å². The Hall–Kier alpha value is -2.81. The molecule has 0 aromatic heterocycles. The Balaban J connectivity index is 1.68. The second-order valence-corrected chi connectivity index (χ2v) is 9.08. The van der Waals surface area contributed by atoms with Crippen LogP contribution in [0, 0.1) is 6.92 Å². The van der Waals surface area contributed by atoms with Crippen LogP contribution in [-0.2, 0) is 14.8 Å². The summed E-state index contributed by atoms with van der Waals surface area (Å²) in [5.41, 5.74) is 2.91. The predicted octanol–water partition coefficient (Wildman–Crippen LogP) is 4.11. The first kappa shape index (κ1) is 21.9. The highest BCUT2D eigenvalue weighted by atomic mass is 79.9. The molecule has 3 aromatic rings. The zero-order valence-electron chi connectivity index (χ0n) is 16.0. The van der Waals surface area contributed by atoms with Gasteiger partial charge >= 0.3 is 5.97 Å². The molecule has 0 spiro atoms. The van der Waals surface area contributed by atoms with E-state index >= 15 is 0 Å². The van der Waals surface area contributed by atoms with Crippen molar-refractivity contribution in [1.29, 1.82) is 0 Å². The van der Waals surface area contributed by atoms with Gasteiger partial charge in [0.05, 0.1) is 10.5 Å². The molecule has 0 saturated carbocycles. The number of aryl methyl sites for hydroxylation is 1. The largest absolute Gasteiger partial charge is 0.454 e. The lowest BCUT2D eigenvalue weighted by molar-refractivity contribution is 0.0473. The van der Waals surface area contributed by atoms with E-state index in [9.17, 15) is 18.0 Å². The smallest absolute Gasteiger partial charge is 0.338 e. The van der Waals surface area contributed by atoms with Crippen molar-refractivity contribution in [1.82, 2.24) is 0 Å². The fourth-order valence-electron chi connectivity index (χ4n) is 2.78. The van der Waals surface area contributed by atoms with Gasteiger partial charge in [-0.2, -0.15) is 0 Å². The number of hydrogen-bond acceptors (Lipinski definition) is 5. The topological polar surface area (TPSA) is 104 Å². The van der Waals surface area contributed by atoms with E-state index in [1.54, 1.807) is 19.1 Å². The number of ketones is 1. The minimum absolute atomic E-state index is 0.0416. The summed E-state index contributed by atoms with van der Waals surface area (Å²) in [6, 6.07) is 18.7. The third kappa shape index (κ3) is 5.21. The molecule has 0 bridgehead atoms. The van der Waals surface area contributed by atoms with Gasteiger partial charge in [0.15, 0.2) is 12.4 Å². The lowest BCUT2D eigenvalue weighted by Gasteiger charge is -2.09. The van der Waals surface area contributed by atoms with E-state index in [0.29, 0.717) is 11.1 Å². The van der Waals surface area contributed by atoms with Crippen LogP contribution in [0.2, 0.25) is 0 Å². The molecule has 30 heavy (non-hydrogen) atoms. The third-order valence-corrected chi connectivity index (χ3v) is 5.92. The second-order valence-electron chi connectivity index (χ2n) is 6.61. The Morgan fingerprint density at radius 3 is 2.07 bits per heavy atom. The van der Waals surface area contributed by atoms with Crippen molar-refractivity contribution in [3.8, 4) is 11.1 Å². The number of esters is 1. The molecule has 8 heteroatoms. The number of sulfonamides is 1. The Bertz CT molecular complexity index is 1200. The molecule has 3 aromatic carbocycles.